The van der Waals surface area contributed by atoms with Crippen LogP contribution in [-0.4, -0.2) is 53.7 Å². The lowest BCUT2D eigenvalue weighted by molar-refractivity contribution is 0.0904. The lowest BCUT2D eigenvalue weighted by atomic mass is 9.94. The second-order valence-electron chi connectivity index (χ2n) is 10.9. The van der Waals surface area contributed by atoms with Crippen LogP contribution in [0, 0.1) is 6.92 Å². The molecule has 1 saturated heterocycles. The van der Waals surface area contributed by atoms with Gasteiger partial charge in [0.05, 0.1) is 17.3 Å². The highest BCUT2D eigenvalue weighted by Crippen LogP contribution is 2.31. The molecule has 0 aliphatic carbocycles. The van der Waals surface area contributed by atoms with Crippen LogP contribution in [0.1, 0.15) is 69.8 Å². The third-order valence-corrected chi connectivity index (χ3v) is 7.74. The van der Waals surface area contributed by atoms with Crippen LogP contribution < -0.4 is 21.4 Å². The van der Waals surface area contributed by atoms with Crippen LogP contribution in [0.25, 0.3) is 11.0 Å². The zero-order chi connectivity index (χ0) is 29.6. The number of hydrogen-bond donors (Lipinski definition) is 3. The summed E-state index contributed by atoms with van der Waals surface area (Å²) in [5.41, 5.74) is 7.62. The van der Waals surface area contributed by atoms with E-state index < -0.39 is 0 Å². The molecule has 0 bridgehead atoms. The van der Waals surface area contributed by atoms with Crippen molar-refractivity contribution in [3.63, 3.8) is 0 Å². The Balaban J connectivity index is 1.37. The average molecular weight is 567 g/mol. The molecule has 0 saturated carbocycles. The third kappa shape index (κ3) is 6.65. The molecule has 0 unspecified atom stereocenters. The summed E-state index contributed by atoms with van der Waals surface area (Å²) in [5, 5.41) is 15.4. The van der Waals surface area contributed by atoms with E-state index in [1.54, 1.807) is 18.2 Å². The summed E-state index contributed by atoms with van der Waals surface area (Å²) in [7, 11) is 2.02. The molecule has 1 aliphatic heterocycles. The van der Waals surface area contributed by atoms with Gasteiger partial charge in [0.1, 0.15) is 7.85 Å². The van der Waals surface area contributed by atoms with Gasteiger partial charge in [-0.15, -0.1) is 0 Å². The van der Waals surface area contributed by atoms with Crippen LogP contribution in [0.4, 0.5) is 5.69 Å². The van der Waals surface area contributed by atoms with Crippen molar-refractivity contribution in [3.8, 4) is 0 Å². The summed E-state index contributed by atoms with van der Waals surface area (Å²) in [6.45, 7) is 8.91. The Hall–Kier alpha value is -4.18. The largest absolute Gasteiger partial charge is 0.381 e. The summed E-state index contributed by atoms with van der Waals surface area (Å²) >= 11 is 0. The van der Waals surface area contributed by atoms with Gasteiger partial charge in [-0.2, -0.15) is 5.10 Å². The van der Waals surface area contributed by atoms with E-state index in [4.69, 9.17) is 9.72 Å². The number of nitrogens with zero attached hydrogens (tertiary/aromatic N) is 3. The molecule has 0 spiro atoms. The number of amides is 2. The number of pyridine rings is 1. The number of aromatic nitrogens is 3. The Kier molecular flexibility index (Phi) is 9.22. The molecular weight excluding hydrogens is 527 g/mol. The van der Waals surface area contributed by atoms with Gasteiger partial charge in [-0.3, -0.25) is 9.59 Å². The predicted molar refractivity (Wildman–Crippen MR) is 168 cm³/mol. The lowest BCUT2D eigenvalue weighted by Crippen LogP contribution is -2.30. The fraction of sp³-hybridized carbons (Fsp3) is 0.375. The summed E-state index contributed by atoms with van der Waals surface area (Å²) in [6.07, 6.45) is 4.41. The van der Waals surface area contributed by atoms with Crippen LogP contribution in [0.3, 0.4) is 0 Å². The first kappa shape index (κ1) is 29.3. The van der Waals surface area contributed by atoms with Crippen molar-refractivity contribution in [1.29, 1.82) is 0 Å². The zero-order valence-electron chi connectivity index (χ0n) is 24.9. The number of ether oxygens (including phenoxy) is 1. The van der Waals surface area contributed by atoms with Crippen molar-refractivity contribution in [3.05, 3.63) is 82.2 Å². The van der Waals surface area contributed by atoms with Crippen molar-refractivity contribution < 1.29 is 14.3 Å². The van der Waals surface area contributed by atoms with Gasteiger partial charge < -0.3 is 20.7 Å². The maximum Gasteiger partial charge on any atom is 0.251 e. The van der Waals surface area contributed by atoms with Crippen molar-refractivity contribution in [2.24, 2.45) is 0 Å². The minimum Gasteiger partial charge on any atom is -0.381 e. The van der Waals surface area contributed by atoms with Gasteiger partial charge in [0.15, 0.2) is 5.65 Å². The van der Waals surface area contributed by atoms with E-state index >= 15 is 0 Å². The Morgan fingerprint density at radius 3 is 2.40 bits per heavy atom. The monoisotopic (exact) mass is 566 g/mol. The third-order valence-electron chi connectivity index (χ3n) is 7.74. The molecule has 3 N–H and O–H groups in total. The molecule has 2 aromatic carbocycles. The molecule has 2 aromatic heterocycles. The fourth-order valence-electron chi connectivity index (χ4n) is 5.52. The number of carbonyl (C=O) groups is 2. The second-order valence-corrected chi connectivity index (χ2v) is 10.9. The SMILES string of the molecule is Bc1cccc(CNC(=O)c2cc(C)cc(C(=O)NCc3c(CC)nc4c(cnn4CC)c3NC3CCOCC3)c2)c1. The minimum absolute atomic E-state index is 0.215. The first-order chi connectivity index (χ1) is 20.4. The van der Waals surface area contributed by atoms with Crippen LogP contribution in [-0.2, 0) is 30.8 Å². The second kappa shape index (κ2) is 13.2. The highest BCUT2D eigenvalue weighted by atomic mass is 16.5. The van der Waals surface area contributed by atoms with Gasteiger partial charge in [-0.1, -0.05) is 36.7 Å². The first-order valence-electron chi connectivity index (χ1n) is 14.8. The first-order valence-corrected chi connectivity index (χ1v) is 14.8. The van der Waals surface area contributed by atoms with E-state index in [1.165, 1.54) is 0 Å². The highest BCUT2D eigenvalue weighted by molar-refractivity contribution is 6.32. The van der Waals surface area contributed by atoms with Gasteiger partial charge >= 0.3 is 0 Å². The molecular formula is C32H39BN6O3. The Morgan fingerprint density at radius 2 is 1.74 bits per heavy atom. The topological polar surface area (TPSA) is 110 Å². The Bertz CT molecular complexity index is 1590. The van der Waals surface area contributed by atoms with E-state index in [2.05, 4.69) is 34.9 Å². The maximum absolute atomic E-state index is 13.5. The average Bonchev–Trinajstić information content (AvgIpc) is 3.42. The van der Waals surface area contributed by atoms with Gasteiger partial charge in [0.2, 0.25) is 0 Å². The lowest BCUT2D eigenvalue weighted by Gasteiger charge is -2.26. The number of nitrogens with one attached hydrogen (secondary N) is 3. The number of carbonyl (C=O) groups excluding carboxylic acids is 2. The number of aryl methyl sites for hydroxylation is 3. The van der Waals surface area contributed by atoms with Crippen molar-refractivity contribution in [1.82, 2.24) is 25.4 Å². The van der Waals surface area contributed by atoms with Crippen molar-refractivity contribution >= 4 is 41.8 Å². The van der Waals surface area contributed by atoms with Gasteiger partial charge in [0.25, 0.3) is 11.8 Å². The van der Waals surface area contributed by atoms with Crippen LogP contribution in [0.15, 0.2) is 48.7 Å². The van der Waals surface area contributed by atoms with E-state index in [9.17, 15) is 9.59 Å². The number of hydrogen-bond acceptors (Lipinski definition) is 6. The normalized spacial score (nSPS) is 13.7. The predicted octanol–water partition coefficient (Wildman–Crippen LogP) is 3.03. The van der Waals surface area contributed by atoms with E-state index in [1.807, 2.05) is 49.9 Å². The van der Waals surface area contributed by atoms with E-state index in [-0.39, 0.29) is 17.9 Å². The molecule has 1 aliphatic rings. The molecule has 0 radical (unpaired) electrons. The molecule has 0 atom stereocenters. The maximum atomic E-state index is 13.5. The number of benzene rings is 2. The Labute approximate surface area is 247 Å². The van der Waals surface area contributed by atoms with Gasteiger partial charge in [0, 0.05) is 61.3 Å². The van der Waals surface area contributed by atoms with Gasteiger partial charge in [-0.25, -0.2) is 9.67 Å². The number of rotatable bonds is 10. The summed E-state index contributed by atoms with van der Waals surface area (Å²) in [4.78, 5) is 31.4. The summed E-state index contributed by atoms with van der Waals surface area (Å²) in [6, 6.07) is 13.6. The molecule has 4 aromatic rings. The highest BCUT2D eigenvalue weighted by Gasteiger charge is 2.22. The quantitative estimate of drug-likeness (QED) is 0.255. The molecule has 9 nitrogen and oxygen atoms in total. The fourth-order valence-corrected chi connectivity index (χ4v) is 5.52. The summed E-state index contributed by atoms with van der Waals surface area (Å²) in [5.74, 6) is -0.456. The minimum atomic E-state index is -0.241. The molecule has 42 heavy (non-hydrogen) atoms. The molecule has 3 heterocycles. The number of anilines is 1. The van der Waals surface area contributed by atoms with Crippen LogP contribution in [0.5, 0.6) is 0 Å². The summed E-state index contributed by atoms with van der Waals surface area (Å²) < 4.78 is 7.48. The number of fused-ring (bicyclic) bond motifs is 1. The Morgan fingerprint density at radius 1 is 1.02 bits per heavy atom. The van der Waals surface area contributed by atoms with Crippen molar-refractivity contribution in [2.45, 2.75) is 65.7 Å². The van der Waals surface area contributed by atoms with Crippen LogP contribution >= 0.6 is 0 Å². The zero-order valence-corrected chi connectivity index (χ0v) is 24.9. The van der Waals surface area contributed by atoms with E-state index in [0.717, 1.165) is 77.2 Å². The van der Waals surface area contributed by atoms with Crippen molar-refractivity contribution in [2.75, 3.05) is 18.5 Å². The standard InChI is InChI=1S/C32H39BN6O3/c1-4-28-26(29(37-25-9-11-42-12-10-25)27-19-36-39(5-2)30(27)38-28)18-35-32(41)23-14-20(3)13-22(16-23)31(40)34-17-21-7-6-8-24(33)15-21/h6-8,13-16,19,25H,4-5,9-12,17-18,33H2,1-3H3,(H,34,40)(H,35,41)(H,37,38). The smallest absolute Gasteiger partial charge is 0.251 e. The van der Waals surface area contributed by atoms with Crippen LogP contribution in [0.2, 0.25) is 0 Å². The molecule has 1 fully saturated rings. The van der Waals surface area contributed by atoms with E-state index in [0.29, 0.717) is 30.6 Å². The molecule has 2 amide bonds. The van der Waals surface area contributed by atoms with Gasteiger partial charge in [-0.05, 0) is 62.4 Å². The molecule has 5 rings (SSSR count). The molecule has 10 heteroatoms. The molecule has 218 valence electrons.